The van der Waals surface area contributed by atoms with Crippen LogP contribution in [0.25, 0.3) is 0 Å². The number of hydrogen-bond acceptors (Lipinski definition) is 5. The monoisotopic (exact) mass is 300 g/mol. The van der Waals surface area contributed by atoms with Gasteiger partial charge in [-0.3, -0.25) is 4.79 Å². The van der Waals surface area contributed by atoms with Crippen molar-refractivity contribution in [3.8, 4) is 0 Å². The fourth-order valence-electron chi connectivity index (χ4n) is 2.10. The summed E-state index contributed by atoms with van der Waals surface area (Å²) in [5, 5.41) is 3.20. The summed E-state index contributed by atoms with van der Waals surface area (Å²) in [5.41, 5.74) is -0.367. The lowest BCUT2D eigenvalue weighted by Crippen LogP contribution is -2.42. The molecule has 2 N–H and O–H groups in total. The van der Waals surface area contributed by atoms with Gasteiger partial charge in [0.1, 0.15) is 5.02 Å². The van der Waals surface area contributed by atoms with Crippen LogP contribution in [0, 0.1) is 0 Å². The molecule has 1 aromatic rings. The maximum atomic E-state index is 11.6. The first-order chi connectivity index (χ1) is 9.61. The molecule has 1 fully saturated rings. The minimum Gasteiger partial charge on any atom is -0.450 e. The largest absolute Gasteiger partial charge is 0.450 e. The number of ether oxygens (including phenoxy) is 1. The summed E-state index contributed by atoms with van der Waals surface area (Å²) >= 11 is 5.88. The van der Waals surface area contributed by atoms with Gasteiger partial charge in [0.25, 0.3) is 5.56 Å². The van der Waals surface area contributed by atoms with Gasteiger partial charge in [-0.2, -0.15) is 0 Å². The highest BCUT2D eigenvalue weighted by molar-refractivity contribution is 6.32. The van der Waals surface area contributed by atoms with E-state index in [1.54, 1.807) is 11.8 Å². The Balaban J connectivity index is 1.90. The number of H-pyrrole nitrogens is 1. The molecule has 0 bridgehead atoms. The minimum atomic E-state index is -0.367. The molecule has 0 atom stereocenters. The number of piperidine rings is 1. The molecule has 0 saturated carbocycles. The first-order valence-corrected chi connectivity index (χ1v) is 6.91. The number of amides is 1. The van der Waals surface area contributed by atoms with E-state index in [2.05, 4.69) is 15.3 Å². The molecule has 1 aromatic heterocycles. The van der Waals surface area contributed by atoms with Crippen molar-refractivity contribution in [2.24, 2.45) is 0 Å². The van der Waals surface area contributed by atoms with Crippen molar-refractivity contribution < 1.29 is 9.53 Å². The molecule has 2 rings (SSSR count). The van der Waals surface area contributed by atoms with Gasteiger partial charge in [-0.15, -0.1) is 0 Å². The van der Waals surface area contributed by atoms with Gasteiger partial charge in [0.05, 0.1) is 12.9 Å². The number of likely N-dealkylation sites (tertiary alicyclic amines) is 1. The summed E-state index contributed by atoms with van der Waals surface area (Å²) in [7, 11) is 0. The second-order valence-electron chi connectivity index (χ2n) is 4.50. The molecule has 110 valence electrons. The Kier molecular flexibility index (Phi) is 4.84. The molecule has 8 heteroatoms. The Bertz CT molecular complexity index is 526. The van der Waals surface area contributed by atoms with E-state index in [-0.39, 0.29) is 22.7 Å². The third-order valence-electron chi connectivity index (χ3n) is 3.16. The highest BCUT2D eigenvalue weighted by Gasteiger charge is 2.24. The number of anilines is 1. The van der Waals surface area contributed by atoms with Crippen molar-refractivity contribution in [1.29, 1.82) is 0 Å². The van der Waals surface area contributed by atoms with Gasteiger partial charge < -0.3 is 19.9 Å². The Hall–Kier alpha value is -1.76. The van der Waals surface area contributed by atoms with E-state index in [0.717, 1.165) is 12.8 Å². The van der Waals surface area contributed by atoms with E-state index in [4.69, 9.17) is 16.3 Å². The van der Waals surface area contributed by atoms with Crippen molar-refractivity contribution in [3.05, 3.63) is 21.7 Å². The molecule has 0 radical (unpaired) electrons. The minimum absolute atomic E-state index is 0.0559. The normalized spacial score (nSPS) is 16.0. The Morgan fingerprint density at radius 3 is 2.95 bits per heavy atom. The molecule has 0 unspecified atom stereocenters. The highest BCUT2D eigenvalue weighted by Crippen LogP contribution is 2.19. The highest BCUT2D eigenvalue weighted by atomic mass is 35.5. The lowest BCUT2D eigenvalue weighted by molar-refractivity contribution is 0.0983. The molecule has 20 heavy (non-hydrogen) atoms. The van der Waals surface area contributed by atoms with E-state index in [1.165, 1.54) is 6.33 Å². The van der Waals surface area contributed by atoms with E-state index >= 15 is 0 Å². The van der Waals surface area contributed by atoms with E-state index < -0.39 is 0 Å². The number of carbonyl (C=O) groups excluding carboxylic acids is 1. The first-order valence-electron chi connectivity index (χ1n) is 6.53. The maximum Gasteiger partial charge on any atom is 0.409 e. The molecule has 2 heterocycles. The van der Waals surface area contributed by atoms with Crippen molar-refractivity contribution in [2.75, 3.05) is 25.0 Å². The third-order valence-corrected chi connectivity index (χ3v) is 3.51. The number of aromatic nitrogens is 2. The van der Waals surface area contributed by atoms with Crippen molar-refractivity contribution in [3.63, 3.8) is 0 Å². The summed E-state index contributed by atoms with van der Waals surface area (Å²) in [5.74, 6) is 0.380. The smallest absolute Gasteiger partial charge is 0.409 e. The van der Waals surface area contributed by atoms with Crippen LogP contribution in [0.3, 0.4) is 0 Å². The standard InChI is InChI=1S/C12H17ClN4O3/c1-2-20-12(19)17-5-3-8(4-6-17)16-10-9(13)11(18)15-7-14-10/h7-8H,2-6H2,1H3,(H2,14,15,16,18). The van der Waals surface area contributed by atoms with Crippen molar-refractivity contribution >= 4 is 23.5 Å². The summed E-state index contributed by atoms with van der Waals surface area (Å²) in [6.07, 6.45) is 2.54. The van der Waals surface area contributed by atoms with Gasteiger partial charge in [0.2, 0.25) is 0 Å². The first kappa shape index (κ1) is 14.6. The van der Waals surface area contributed by atoms with Crippen molar-refractivity contribution in [1.82, 2.24) is 14.9 Å². The van der Waals surface area contributed by atoms with Gasteiger partial charge in [0.15, 0.2) is 5.82 Å². The zero-order chi connectivity index (χ0) is 14.5. The van der Waals surface area contributed by atoms with Crippen LogP contribution in [0.5, 0.6) is 0 Å². The van der Waals surface area contributed by atoms with E-state index in [0.29, 0.717) is 25.5 Å². The lowest BCUT2D eigenvalue weighted by Gasteiger charge is -2.31. The van der Waals surface area contributed by atoms with Crippen LogP contribution in [0.1, 0.15) is 19.8 Å². The van der Waals surface area contributed by atoms with Crippen LogP contribution in [-0.4, -0.2) is 46.7 Å². The summed E-state index contributed by atoms with van der Waals surface area (Å²) in [4.78, 5) is 31.0. The van der Waals surface area contributed by atoms with Gasteiger partial charge in [-0.25, -0.2) is 9.78 Å². The van der Waals surface area contributed by atoms with Crippen LogP contribution in [0.4, 0.5) is 10.6 Å². The van der Waals surface area contributed by atoms with Crippen LogP contribution in [0.15, 0.2) is 11.1 Å². The lowest BCUT2D eigenvalue weighted by atomic mass is 10.1. The van der Waals surface area contributed by atoms with Crippen LogP contribution >= 0.6 is 11.6 Å². The topological polar surface area (TPSA) is 87.3 Å². The van der Waals surface area contributed by atoms with E-state index in [1.807, 2.05) is 0 Å². The molecule has 7 nitrogen and oxygen atoms in total. The van der Waals surface area contributed by atoms with Crippen LogP contribution in [-0.2, 0) is 4.74 Å². The van der Waals surface area contributed by atoms with Gasteiger partial charge in [-0.1, -0.05) is 11.6 Å². The Labute approximate surface area is 121 Å². The number of rotatable bonds is 3. The average Bonchev–Trinajstić information content (AvgIpc) is 2.45. The number of nitrogens with zero attached hydrogens (tertiary/aromatic N) is 2. The number of carbonyl (C=O) groups is 1. The third kappa shape index (κ3) is 3.41. The van der Waals surface area contributed by atoms with Gasteiger partial charge in [-0.05, 0) is 19.8 Å². The van der Waals surface area contributed by atoms with E-state index in [9.17, 15) is 9.59 Å². The number of hydrogen-bond donors (Lipinski definition) is 2. The van der Waals surface area contributed by atoms with Crippen LogP contribution in [0.2, 0.25) is 5.02 Å². The van der Waals surface area contributed by atoms with Crippen LogP contribution < -0.4 is 10.9 Å². The predicted molar refractivity (Wildman–Crippen MR) is 75.1 cm³/mol. The Morgan fingerprint density at radius 2 is 2.30 bits per heavy atom. The van der Waals surface area contributed by atoms with Crippen molar-refractivity contribution in [2.45, 2.75) is 25.8 Å². The molecule has 0 aromatic carbocycles. The number of nitrogens with one attached hydrogen (secondary N) is 2. The predicted octanol–water partition coefficient (Wildman–Crippen LogP) is 1.46. The molecule has 0 spiro atoms. The van der Waals surface area contributed by atoms with Gasteiger partial charge >= 0.3 is 6.09 Å². The zero-order valence-corrected chi connectivity index (χ0v) is 11.9. The number of aromatic amines is 1. The fourth-order valence-corrected chi connectivity index (χ4v) is 2.26. The second kappa shape index (κ2) is 6.60. The molecule has 1 saturated heterocycles. The quantitative estimate of drug-likeness (QED) is 0.882. The van der Waals surface area contributed by atoms with Gasteiger partial charge in [0, 0.05) is 19.1 Å². The summed E-state index contributed by atoms with van der Waals surface area (Å²) < 4.78 is 4.96. The second-order valence-corrected chi connectivity index (χ2v) is 4.88. The molecule has 1 aliphatic heterocycles. The summed E-state index contributed by atoms with van der Waals surface area (Å²) in [6.45, 7) is 3.38. The average molecular weight is 301 g/mol. The molecule has 0 aliphatic carbocycles. The molecule has 1 aliphatic rings. The number of halogens is 1. The maximum absolute atomic E-state index is 11.6. The molecule has 1 amide bonds. The zero-order valence-electron chi connectivity index (χ0n) is 11.2. The Morgan fingerprint density at radius 1 is 1.60 bits per heavy atom. The SMILES string of the molecule is CCOC(=O)N1CCC(Nc2nc[nH]c(=O)c2Cl)CC1. The molecular formula is C12H17ClN4O3. The summed E-state index contributed by atoms with van der Waals surface area (Å²) in [6, 6.07) is 0.132. The molecular weight excluding hydrogens is 284 g/mol. The fraction of sp³-hybridized carbons (Fsp3) is 0.583.